The molecule has 1 saturated carbocycles. The summed E-state index contributed by atoms with van der Waals surface area (Å²) < 4.78 is 0. The molecule has 160 valence electrons. The summed E-state index contributed by atoms with van der Waals surface area (Å²) in [5, 5.41) is 3.22. The standard InChI is InChI=1S/C24H37N3O2/c1-3-19(2)25-24(29)23(21-11-7-8-12-21)27-17-15-26(16-18-27)22(28)14-13-20-9-5-4-6-10-20/h4-6,9-10,19,21,23H,3,7-8,11-18H2,1-2H3,(H,25,29)/t19-,23+/m1/s1. The highest BCUT2D eigenvalue weighted by atomic mass is 16.2. The van der Waals surface area contributed by atoms with Gasteiger partial charge in [0.2, 0.25) is 11.8 Å². The van der Waals surface area contributed by atoms with Gasteiger partial charge in [-0.3, -0.25) is 14.5 Å². The first-order valence-electron chi connectivity index (χ1n) is 11.4. The molecule has 3 rings (SSSR count). The van der Waals surface area contributed by atoms with Gasteiger partial charge in [0.25, 0.3) is 0 Å². The Hall–Kier alpha value is -1.88. The first-order chi connectivity index (χ1) is 14.1. The molecule has 1 aromatic carbocycles. The van der Waals surface area contributed by atoms with Gasteiger partial charge in [0.15, 0.2) is 0 Å². The van der Waals surface area contributed by atoms with E-state index < -0.39 is 0 Å². The number of benzene rings is 1. The number of hydrogen-bond donors (Lipinski definition) is 1. The summed E-state index contributed by atoms with van der Waals surface area (Å²) in [4.78, 5) is 30.0. The molecule has 0 unspecified atom stereocenters. The van der Waals surface area contributed by atoms with Crippen molar-refractivity contribution in [3.05, 3.63) is 35.9 Å². The van der Waals surface area contributed by atoms with Crippen LogP contribution in [0.1, 0.15) is 57.9 Å². The van der Waals surface area contributed by atoms with Crippen molar-refractivity contribution in [1.82, 2.24) is 15.1 Å². The van der Waals surface area contributed by atoms with Crippen LogP contribution in [0.2, 0.25) is 0 Å². The molecule has 1 N–H and O–H groups in total. The summed E-state index contributed by atoms with van der Waals surface area (Å²) in [6.45, 7) is 7.24. The van der Waals surface area contributed by atoms with Gasteiger partial charge >= 0.3 is 0 Å². The lowest BCUT2D eigenvalue weighted by Crippen LogP contribution is -2.58. The summed E-state index contributed by atoms with van der Waals surface area (Å²) >= 11 is 0. The second kappa shape index (κ2) is 10.8. The van der Waals surface area contributed by atoms with E-state index in [2.05, 4.69) is 36.2 Å². The van der Waals surface area contributed by atoms with E-state index in [-0.39, 0.29) is 23.9 Å². The van der Waals surface area contributed by atoms with E-state index in [1.54, 1.807) is 0 Å². The van der Waals surface area contributed by atoms with Crippen LogP contribution >= 0.6 is 0 Å². The Morgan fingerprint density at radius 1 is 1.07 bits per heavy atom. The van der Waals surface area contributed by atoms with Crippen molar-refractivity contribution in [2.75, 3.05) is 26.2 Å². The number of aryl methyl sites for hydroxylation is 1. The quantitative estimate of drug-likeness (QED) is 0.730. The topological polar surface area (TPSA) is 52.7 Å². The molecule has 5 heteroatoms. The molecule has 0 spiro atoms. The zero-order chi connectivity index (χ0) is 20.6. The molecule has 1 heterocycles. The Balaban J connectivity index is 1.53. The van der Waals surface area contributed by atoms with Crippen LogP contribution in [0.25, 0.3) is 0 Å². The molecule has 1 aromatic rings. The van der Waals surface area contributed by atoms with E-state index in [0.717, 1.165) is 51.9 Å². The third-order valence-corrected chi connectivity index (χ3v) is 6.65. The number of hydrogen-bond acceptors (Lipinski definition) is 3. The average molecular weight is 400 g/mol. The van der Waals surface area contributed by atoms with Crippen LogP contribution in [0.15, 0.2) is 30.3 Å². The van der Waals surface area contributed by atoms with Crippen LogP contribution in [-0.4, -0.2) is 59.9 Å². The first-order valence-corrected chi connectivity index (χ1v) is 11.4. The van der Waals surface area contributed by atoms with E-state index in [1.165, 1.54) is 18.4 Å². The van der Waals surface area contributed by atoms with E-state index in [0.29, 0.717) is 12.3 Å². The lowest BCUT2D eigenvalue weighted by Gasteiger charge is -2.41. The minimum atomic E-state index is -0.0342. The maximum atomic E-state index is 13.0. The smallest absolute Gasteiger partial charge is 0.237 e. The predicted octanol–water partition coefficient (Wildman–Crippen LogP) is 3.24. The molecule has 0 aromatic heterocycles. The molecular weight excluding hydrogens is 362 g/mol. The van der Waals surface area contributed by atoms with Crippen molar-refractivity contribution >= 4 is 11.8 Å². The Labute approximate surface area is 175 Å². The molecule has 5 nitrogen and oxygen atoms in total. The molecule has 2 aliphatic rings. The normalized spacial score (nSPS) is 20.4. The Bertz CT molecular complexity index is 649. The summed E-state index contributed by atoms with van der Waals surface area (Å²) in [5.74, 6) is 0.879. The van der Waals surface area contributed by atoms with Gasteiger partial charge in [0, 0.05) is 38.6 Å². The Morgan fingerprint density at radius 3 is 2.34 bits per heavy atom. The van der Waals surface area contributed by atoms with Gasteiger partial charge in [-0.05, 0) is 44.1 Å². The van der Waals surface area contributed by atoms with Gasteiger partial charge in [-0.25, -0.2) is 0 Å². The summed E-state index contributed by atoms with van der Waals surface area (Å²) in [7, 11) is 0. The molecule has 1 saturated heterocycles. The molecule has 0 bridgehead atoms. The number of rotatable bonds is 8. The van der Waals surface area contributed by atoms with Crippen molar-refractivity contribution in [1.29, 1.82) is 0 Å². The van der Waals surface area contributed by atoms with Crippen molar-refractivity contribution in [2.24, 2.45) is 5.92 Å². The molecule has 1 aliphatic heterocycles. The predicted molar refractivity (Wildman–Crippen MR) is 117 cm³/mol. The number of carbonyl (C=O) groups excluding carboxylic acids is 2. The Kier molecular flexibility index (Phi) is 8.10. The molecule has 2 atom stereocenters. The monoisotopic (exact) mass is 399 g/mol. The van der Waals surface area contributed by atoms with Crippen LogP contribution in [0.3, 0.4) is 0 Å². The zero-order valence-electron chi connectivity index (χ0n) is 18.1. The van der Waals surface area contributed by atoms with Gasteiger partial charge in [-0.1, -0.05) is 50.1 Å². The molecule has 2 fully saturated rings. The minimum absolute atomic E-state index is 0.0342. The number of nitrogens with one attached hydrogen (secondary N) is 1. The minimum Gasteiger partial charge on any atom is -0.352 e. The third kappa shape index (κ3) is 6.05. The van der Waals surface area contributed by atoms with E-state index in [9.17, 15) is 9.59 Å². The SMILES string of the molecule is CC[C@@H](C)NC(=O)[C@H](C1CCCC1)N1CCN(C(=O)CCc2ccccc2)CC1. The van der Waals surface area contributed by atoms with Gasteiger partial charge in [-0.2, -0.15) is 0 Å². The second-order valence-corrected chi connectivity index (χ2v) is 8.71. The van der Waals surface area contributed by atoms with Crippen molar-refractivity contribution in [2.45, 2.75) is 70.9 Å². The van der Waals surface area contributed by atoms with Crippen molar-refractivity contribution < 1.29 is 9.59 Å². The van der Waals surface area contributed by atoms with Crippen molar-refractivity contribution in [3.63, 3.8) is 0 Å². The summed E-state index contributed by atoms with van der Waals surface area (Å²) in [5.41, 5.74) is 1.21. The zero-order valence-corrected chi connectivity index (χ0v) is 18.1. The summed E-state index contributed by atoms with van der Waals surface area (Å²) in [6.07, 6.45) is 7.06. The molecule has 2 amide bonds. The van der Waals surface area contributed by atoms with Gasteiger partial charge in [0.1, 0.15) is 0 Å². The highest BCUT2D eigenvalue weighted by Crippen LogP contribution is 2.31. The van der Waals surface area contributed by atoms with Crippen LogP contribution in [0.5, 0.6) is 0 Å². The van der Waals surface area contributed by atoms with Gasteiger partial charge in [0.05, 0.1) is 6.04 Å². The molecular formula is C24H37N3O2. The maximum Gasteiger partial charge on any atom is 0.237 e. The van der Waals surface area contributed by atoms with Crippen LogP contribution in [-0.2, 0) is 16.0 Å². The van der Waals surface area contributed by atoms with Gasteiger partial charge in [-0.15, -0.1) is 0 Å². The first kappa shape index (κ1) is 21.8. The fourth-order valence-corrected chi connectivity index (χ4v) is 4.69. The van der Waals surface area contributed by atoms with E-state index in [4.69, 9.17) is 0 Å². The number of amides is 2. The Morgan fingerprint density at radius 2 is 1.72 bits per heavy atom. The van der Waals surface area contributed by atoms with Crippen LogP contribution in [0.4, 0.5) is 0 Å². The average Bonchev–Trinajstić information content (AvgIpc) is 3.27. The second-order valence-electron chi connectivity index (χ2n) is 8.71. The number of carbonyl (C=O) groups is 2. The molecule has 1 aliphatic carbocycles. The lowest BCUT2D eigenvalue weighted by atomic mass is 9.94. The van der Waals surface area contributed by atoms with Gasteiger partial charge < -0.3 is 10.2 Å². The fraction of sp³-hybridized carbons (Fsp3) is 0.667. The lowest BCUT2D eigenvalue weighted by molar-refractivity contribution is -0.135. The maximum absolute atomic E-state index is 13.0. The number of piperazine rings is 1. The molecule has 0 radical (unpaired) electrons. The highest BCUT2D eigenvalue weighted by Gasteiger charge is 2.37. The number of nitrogens with zero attached hydrogens (tertiary/aromatic N) is 2. The molecule has 29 heavy (non-hydrogen) atoms. The van der Waals surface area contributed by atoms with Crippen LogP contribution < -0.4 is 5.32 Å². The third-order valence-electron chi connectivity index (χ3n) is 6.65. The van der Waals surface area contributed by atoms with Crippen LogP contribution in [0, 0.1) is 5.92 Å². The summed E-state index contributed by atoms with van der Waals surface area (Å²) in [6, 6.07) is 10.4. The highest BCUT2D eigenvalue weighted by molar-refractivity contribution is 5.82. The fourth-order valence-electron chi connectivity index (χ4n) is 4.69. The van der Waals surface area contributed by atoms with E-state index >= 15 is 0 Å². The largest absolute Gasteiger partial charge is 0.352 e. The van der Waals surface area contributed by atoms with E-state index in [1.807, 2.05) is 23.1 Å². The van der Waals surface area contributed by atoms with Crippen molar-refractivity contribution in [3.8, 4) is 0 Å².